The molecule has 104 valence electrons. The van der Waals surface area contributed by atoms with Crippen molar-refractivity contribution in [1.29, 1.82) is 0 Å². The molecule has 0 saturated carbocycles. The van der Waals surface area contributed by atoms with Crippen molar-refractivity contribution in [2.75, 3.05) is 0 Å². The van der Waals surface area contributed by atoms with Crippen LogP contribution in [0.5, 0.6) is 5.75 Å². The molecule has 0 aliphatic carbocycles. The Morgan fingerprint density at radius 2 is 2.05 bits per heavy atom. The molecule has 0 bridgehead atoms. The molecule has 1 amide bonds. The summed E-state index contributed by atoms with van der Waals surface area (Å²) >= 11 is 3.31. The van der Waals surface area contributed by atoms with Crippen molar-refractivity contribution in [2.24, 2.45) is 0 Å². The third kappa shape index (κ3) is 5.03. The molecule has 0 heterocycles. The molecule has 5 heteroatoms. The number of nitrogens with one attached hydrogen (secondary N) is 1. The van der Waals surface area contributed by atoms with Crippen molar-refractivity contribution in [2.45, 2.75) is 39.3 Å². The molecule has 19 heavy (non-hydrogen) atoms. The zero-order valence-corrected chi connectivity index (χ0v) is 13.1. The van der Waals surface area contributed by atoms with Crippen LogP contribution in [0.1, 0.15) is 38.1 Å². The number of rotatable bonds is 4. The van der Waals surface area contributed by atoms with Crippen LogP contribution in [0.15, 0.2) is 22.7 Å². The second kappa shape index (κ2) is 6.19. The van der Waals surface area contributed by atoms with E-state index >= 15 is 0 Å². The van der Waals surface area contributed by atoms with Gasteiger partial charge in [-0.05, 0) is 61.8 Å². The van der Waals surface area contributed by atoms with E-state index < -0.39 is 6.10 Å². The first-order valence-corrected chi connectivity index (χ1v) is 6.75. The summed E-state index contributed by atoms with van der Waals surface area (Å²) in [4.78, 5) is 22.5. The molecule has 0 saturated heterocycles. The Morgan fingerprint density at radius 3 is 2.53 bits per heavy atom. The number of aldehydes is 1. The molecule has 1 aromatic rings. The summed E-state index contributed by atoms with van der Waals surface area (Å²) < 4.78 is 6.22. The average molecular weight is 328 g/mol. The number of hydrogen-bond donors (Lipinski definition) is 1. The lowest BCUT2D eigenvalue weighted by Crippen LogP contribution is -2.46. The summed E-state index contributed by atoms with van der Waals surface area (Å²) in [6, 6.07) is 4.95. The van der Waals surface area contributed by atoms with Gasteiger partial charge in [-0.15, -0.1) is 0 Å². The van der Waals surface area contributed by atoms with Gasteiger partial charge >= 0.3 is 0 Å². The normalized spacial score (nSPS) is 12.7. The molecule has 0 aliphatic heterocycles. The van der Waals surface area contributed by atoms with Gasteiger partial charge in [0, 0.05) is 11.1 Å². The fourth-order valence-corrected chi connectivity index (χ4v) is 1.89. The van der Waals surface area contributed by atoms with Crippen LogP contribution in [0.3, 0.4) is 0 Å². The fourth-order valence-electron chi connectivity index (χ4n) is 1.40. The van der Waals surface area contributed by atoms with E-state index in [9.17, 15) is 9.59 Å². The monoisotopic (exact) mass is 327 g/mol. The number of carbonyl (C=O) groups is 2. The maximum atomic E-state index is 11.9. The van der Waals surface area contributed by atoms with Crippen LogP contribution in [0.4, 0.5) is 0 Å². The van der Waals surface area contributed by atoms with E-state index in [4.69, 9.17) is 4.74 Å². The molecule has 1 unspecified atom stereocenters. The van der Waals surface area contributed by atoms with Crippen molar-refractivity contribution in [3.05, 3.63) is 28.2 Å². The summed E-state index contributed by atoms with van der Waals surface area (Å²) in [6.07, 6.45) is 0.141. The smallest absolute Gasteiger partial charge is 0.261 e. The highest BCUT2D eigenvalue weighted by Gasteiger charge is 2.21. The SMILES string of the molecule is CC(Oc1ccc(C=O)cc1Br)C(=O)NC(C)(C)C. The number of halogens is 1. The Morgan fingerprint density at radius 1 is 1.42 bits per heavy atom. The molecule has 0 aromatic heterocycles. The van der Waals surface area contributed by atoms with Crippen LogP contribution in [-0.2, 0) is 4.79 Å². The highest BCUT2D eigenvalue weighted by Crippen LogP contribution is 2.26. The fraction of sp³-hybridized carbons (Fsp3) is 0.429. The van der Waals surface area contributed by atoms with Gasteiger partial charge in [-0.2, -0.15) is 0 Å². The lowest BCUT2D eigenvalue weighted by atomic mass is 10.1. The van der Waals surface area contributed by atoms with E-state index in [0.29, 0.717) is 15.8 Å². The largest absolute Gasteiger partial charge is 0.480 e. The van der Waals surface area contributed by atoms with E-state index in [1.54, 1.807) is 25.1 Å². The molecule has 0 spiro atoms. The second-order valence-electron chi connectivity index (χ2n) is 5.31. The summed E-state index contributed by atoms with van der Waals surface area (Å²) in [6.45, 7) is 7.41. The van der Waals surface area contributed by atoms with Gasteiger partial charge in [0.15, 0.2) is 6.10 Å². The molecule has 0 radical (unpaired) electrons. The van der Waals surface area contributed by atoms with E-state index in [1.807, 2.05) is 20.8 Å². The third-order valence-corrected chi connectivity index (χ3v) is 2.88. The quantitative estimate of drug-likeness (QED) is 0.865. The number of ether oxygens (including phenoxy) is 1. The summed E-state index contributed by atoms with van der Waals surface area (Å²) in [5.74, 6) is 0.348. The van der Waals surface area contributed by atoms with Crippen LogP contribution in [-0.4, -0.2) is 23.8 Å². The topological polar surface area (TPSA) is 55.4 Å². The van der Waals surface area contributed by atoms with Gasteiger partial charge in [-0.1, -0.05) is 0 Å². The molecule has 0 fully saturated rings. The summed E-state index contributed by atoms with van der Waals surface area (Å²) in [7, 11) is 0. The molecule has 0 aliphatic rings. The highest BCUT2D eigenvalue weighted by atomic mass is 79.9. The molecule has 1 rings (SSSR count). The van der Waals surface area contributed by atoms with E-state index in [2.05, 4.69) is 21.2 Å². The first-order chi connectivity index (χ1) is 8.73. The van der Waals surface area contributed by atoms with Gasteiger partial charge in [-0.25, -0.2) is 0 Å². The minimum atomic E-state index is -0.613. The predicted molar refractivity (Wildman–Crippen MR) is 77.5 cm³/mol. The maximum Gasteiger partial charge on any atom is 0.261 e. The zero-order chi connectivity index (χ0) is 14.6. The first-order valence-electron chi connectivity index (χ1n) is 5.96. The first kappa shape index (κ1) is 15.7. The number of carbonyl (C=O) groups excluding carboxylic acids is 2. The van der Waals surface area contributed by atoms with Crippen molar-refractivity contribution >= 4 is 28.1 Å². The summed E-state index contributed by atoms with van der Waals surface area (Å²) in [5, 5.41) is 2.85. The Bertz CT molecular complexity index is 480. The average Bonchev–Trinajstić information content (AvgIpc) is 2.29. The Hall–Kier alpha value is -1.36. The van der Waals surface area contributed by atoms with Gasteiger partial charge in [0.2, 0.25) is 0 Å². The summed E-state index contributed by atoms with van der Waals surface area (Å²) in [5.41, 5.74) is 0.249. The maximum absolute atomic E-state index is 11.9. The molecular weight excluding hydrogens is 310 g/mol. The molecular formula is C14H18BrNO3. The van der Waals surface area contributed by atoms with Gasteiger partial charge in [0.25, 0.3) is 5.91 Å². The lowest BCUT2D eigenvalue weighted by molar-refractivity contribution is -0.128. The minimum absolute atomic E-state index is 0.182. The van der Waals surface area contributed by atoms with Crippen LogP contribution in [0.25, 0.3) is 0 Å². The molecule has 1 aromatic carbocycles. The van der Waals surface area contributed by atoms with Gasteiger partial charge in [0.1, 0.15) is 12.0 Å². The van der Waals surface area contributed by atoms with E-state index in [0.717, 1.165) is 6.29 Å². The number of hydrogen-bond acceptors (Lipinski definition) is 3. The van der Waals surface area contributed by atoms with Crippen LogP contribution in [0.2, 0.25) is 0 Å². The van der Waals surface area contributed by atoms with Crippen molar-refractivity contribution < 1.29 is 14.3 Å². The standard InChI is InChI=1S/C14H18BrNO3/c1-9(13(18)16-14(2,3)4)19-12-6-5-10(8-17)7-11(12)15/h5-9H,1-4H3,(H,16,18). The van der Waals surface area contributed by atoms with Crippen LogP contribution in [0, 0.1) is 0 Å². The minimum Gasteiger partial charge on any atom is -0.480 e. The number of amides is 1. The zero-order valence-electron chi connectivity index (χ0n) is 11.5. The van der Waals surface area contributed by atoms with E-state index in [1.165, 1.54) is 0 Å². The Balaban J connectivity index is 2.74. The number of benzene rings is 1. The van der Waals surface area contributed by atoms with Gasteiger partial charge in [-0.3, -0.25) is 9.59 Å². The van der Waals surface area contributed by atoms with Crippen LogP contribution >= 0.6 is 15.9 Å². The second-order valence-corrected chi connectivity index (χ2v) is 6.16. The Labute approximate surface area is 121 Å². The molecule has 1 atom stereocenters. The van der Waals surface area contributed by atoms with Crippen molar-refractivity contribution in [3.8, 4) is 5.75 Å². The predicted octanol–water partition coefficient (Wildman–Crippen LogP) is 2.94. The lowest BCUT2D eigenvalue weighted by Gasteiger charge is -2.23. The van der Waals surface area contributed by atoms with Crippen molar-refractivity contribution in [3.63, 3.8) is 0 Å². The molecule has 4 nitrogen and oxygen atoms in total. The molecule has 1 N–H and O–H groups in total. The third-order valence-electron chi connectivity index (χ3n) is 2.26. The van der Waals surface area contributed by atoms with Gasteiger partial charge < -0.3 is 10.1 Å². The van der Waals surface area contributed by atoms with E-state index in [-0.39, 0.29) is 11.4 Å². The van der Waals surface area contributed by atoms with Crippen LogP contribution < -0.4 is 10.1 Å². The highest BCUT2D eigenvalue weighted by molar-refractivity contribution is 9.10. The van der Waals surface area contributed by atoms with Gasteiger partial charge in [0.05, 0.1) is 4.47 Å². The van der Waals surface area contributed by atoms with Crippen molar-refractivity contribution in [1.82, 2.24) is 5.32 Å². The Kier molecular flexibility index (Phi) is 5.11.